The fraction of sp³-hybridized carbons (Fsp3) is 0.0714. The van der Waals surface area contributed by atoms with Gasteiger partial charge in [-0.15, -0.1) is 0 Å². The second-order valence-electron chi connectivity index (χ2n) is 4.03. The molecular formula is C14H11N3OS. The van der Waals surface area contributed by atoms with Crippen LogP contribution in [0.15, 0.2) is 42.9 Å². The Kier molecular flexibility index (Phi) is 2.97. The molecule has 94 valence electrons. The summed E-state index contributed by atoms with van der Waals surface area (Å²) in [7, 11) is 1.58. The van der Waals surface area contributed by atoms with Crippen molar-refractivity contribution in [1.82, 2.24) is 15.0 Å². The van der Waals surface area contributed by atoms with Gasteiger partial charge in [0.05, 0.1) is 24.6 Å². The second kappa shape index (κ2) is 4.78. The molecule has 2 aromatic heterocycles. The first-order valence-electron chi connectivity index (χ1n) is 5.76. The Hall–Kier alpha value is -2.27. The molecule has 3 aromatic rings. The number of fused-ring (bicyclic) bond motifs is 1. The van der Waals surface area contributed by atoms with Crippen molar-refractivity contribution in [1.29, 1.82) is 0 Å². The Balaban J connectivity index is 2.25. The SMILES string of the molecule is COc1c(-c2cnc3ccccc3c2)[nH]cnc1=S. The first-order valence-corrected chi connectivity index (χ1v) is 6.17. The van der Waals surface area contributed by atoms with Crippen LogP contribution in [0, 0.1) is 4.64 Å². The van der Waals surface area contributed by atoms with Crippen LogP contribution in [0.2, 0.25) is 0 Å². The largest absolute Gasteiger partial charge is 0.491 e. The Labute approximate surface area is 115 Å². The van der Waals surface area contributed by atoms with Crippen LogP contribution in [0.25, 0.3) is 22.2 Å². The number of nitrogens with one attached hydrogen (secondary N) is 1. The minimum absolute atomic E-state index is 0.435. The summed E-state index contributed by atoms with van der Waals surface area (Å²) < 4.78 is 5.75. The molecule has 0 fully saturated rings. The molecule has 0 aliphatic carbocycles. The molecule has 0 atom stereocenters. The molecule has 4 nitrogen and oxygen atoms in total. The van der Waals surface area contributed by atoms with Crippen molar-refractivity contribution in [3.05, 3.63) is 47.5 Å². The molecule has 0 bridgehead atoms. The van der Waals surface area contributed by atoms with Gasteiger partial charge in [0.25, 0.3) is 0 Å². The number of hydrogen-bond acceptors (Lipinski definition) is 4. The zero-order valence-electron chi connectivity index (χ0n) is 10.3. The zero-order chi connectivity index (χ0) is 13.2. The summed E-state index contributed by atoms with van der Waals surface area (Å²) in [6.07, 6.45) is 3.36. The number of pyridine rings is 1. The average molecular weight is 269 g/mol. The molecule has 5 heteroatoms. The number of nitrogens with zero attached hydrogens (tertiary/aromatic N) is 2. The topological polar surface area (TPSA) is 50.8 Å². The van der Waals surface area contributed by atoms with Crippen LogP contribution in [-0.2, 0) is 0 Å². The first-order chi connectivity index (χ1) is 9.29. The minimum atomic E-state index is 0.435. The summed E-state index contributed by atoms with van der Waals surface area (Å²) in [5.41, 5.74) is 2.67. The summed E-state index contributed by atoms with van der Waals surface area (Å²) in [5, 5.41) is 1.07. The average Bonchev–Trinajstić information content (AvgIpc) is 2.46. The van der Waals surface area contributed by atoms with Crippen LogP contribution in [0.4, 0.5) is 0 Å². The van der Waals surface area contributed by atoms with Crippen molar-refractivity contribution < 1.29 is 4.74 Å². The quantitative estimate of drug-likeness (QED) is 0.725. The fourth-order valence-electron chi connectivity index (χ4n) is 2.00. The van der Waals surface area contributed by atoms with Gasteiger partial charge in [-0.1, -0.05) is 30.4 Å². The Morgan fingerprint density at radius 2 is 2.05 bits per heavy atom. The van der Waals surface area contributed by atoms with E-state index in [2.05, 4.69) is 15.0 Å². The number of aromatic nitrogens is 3. The summed E-state index contributed by atoms with van der Waals surface area (Å²) >= 11 is 5.16. The first kappa shape index (κ1) is 11.8. The molecule has 0 spiro atoms. The van der Waals surface area contributed by atoms with Crippen molar-refractivity contribution in [2.24, 2.45) is 0 Å². The van der Waals surface area contributed by atoms with E-state index in [1.807, 2.05) is 30.3 Å². The van der Waals surface area contributed by atoms with Crippen molar-refractivity contribution in [2.45, 2.75) is 0 Å². The molecule has 2 heterocycles. The number of para-hydroxylation sites is 1. The van der Waals surface area contributed by atoms with E-state index in [1.165, 1.54) is 0 Å². The highest BCUT2D eigenvalue weighted by Crippen LogP contribution is 2.28. The predicted molar refractivity (Wildman–Crippen MR) is 76.7 cm³/mol. The maximum absolute atomic E-state index is 5.32. The van der Waals surface area contributed by atoms with E-state index in [0.717, 1.165) is 22.2 Å². The number of H-pyrrole nitrogens is 1. The molecule has 0 unspecified atom stereocenters. The highest BCUT2D eigenvalue weighted by atomic mass is 32.1. The van der Waals surface area contributed by atoms with Gasteiger partial charge in [0, 0.05) is 17.1 Å². The van der Waals surface area contributed by atoms with Crippen LogP contribution in [-0.4, -0.2) is 22.1 Å². The normalized spacial score (nSPS) is 10.6. The highest BCUT2D eigenvalue weighted by molar-refractivity contribution is 7.71. The van der Waals surface area contributed by atoms with E-state index < -0.39 is 0 Å². The van der Waals surface area contributed by atoms with Crippen LogP contribution in [0.1, 0.15) is 0 Å². The van der Waals surface area contributed by atoms with Gasteiger partial charge in [-0.2, -0.15) is 0 Å². The van der Waals surface area contributed by atoms with Gasteiger partial charge in [-0.25, -0.2) is 4.98 Å². The van der Waals surface area contributed by atoms with Crippen LogP contribution < -0.4 is 4.74 Å². The lowest BCUT2D eigenvalue weighted by Gasteiger charge is -2.08. The number of methoxy groups -OCH3 is 1. The number of hydrogen-bond donors (Lipinski definition) is 1. The lowest BCUT2D eigenvalue weighted by molar-refractivity contribution is 0.411. The molecule has 1 N–H and O–H groups in total. The van der Waals surface area contributed by atoms with Gasteiger partial charge >= 0.3 is 0 Å². The molecule has 0 saturated carbocycles. The van der Waals surface area contributed by atoms with Crippen LogP contribution >= 0.6 is 12.2 Å². The fourth-order valence-corrected chi connectivity index (χ4v) is 2.24. The molecule has 0 amide bonds. The number of aromatic amines is 1. The van der Waals surface area contributed by atoms with E-state index in [1.54, 1.807) is 19.6 Å². The third-order valence-corrected chi connectivity index (χ3v) is 3.19. The lowest BCUT2D eigenvalue weighted by atomic mass is 10.1. The van der Waals surface area contributed by atoms with Crippen LogP contribution in [0.3, 0.4) is 0 Å². The van der Waals surface area contributed by atoms with E-state index in [9.17, 15) is 0 Å². The van der Waals surface area contributed by atoms with Gasteiger partial charge < -0.3 is 9.72 Å². The maximum atomic E-state index is 5.32. The van der Waals surface area contributed by atoms with Gasteiger partial charge in [0.15, 0.2) is 10.4 Å². The summed E-state index contributed by atoms with van der Waals surface area (Å²) in [6.45, 7) is 0. The lowest BCUT2D eigenvalue weighted by Crippen LogP contribution is -1.94. The number of benzene rings is 1. The summed E-state index contributed by atoms with van der Waals surface area (Å²) in [5.74, 6) is 0.564. The predicted octanol–water partition coefficient (Wildman–Crippen LogP) is 3.36. The molecule has 0 aliphatic rings. The number of ether oxygens (including phenoxy) is 1. The van der Waals surface area contributed by atoms with Crippen molar-refractivity contribution in [2.75, 3.05) is 7.11 Å². The van der Waals surface area contributed by atoms with Crippen molar-refractivity contribution in [3.63, 3.8) is 0 Å². The van der Waals surface area contributed by atoms with Crippen LogP contribution in [0.5, 0.6) is 5.75 Å². The Bertz CT molecular complexity index is 798. The van der Waals surface area contributed by atoms with Crippen molar-refractivity contribution >= 4 is 23.1 Å². The zero-order valence-corrected chi connectivity index (χ0v) is 11.1. The van der Waals surface area contributed by atoms with E-state index in [-0.39, 0.29) is 0 Å². The summed E-state index contributed by atoms with van der Waals surface area (Å²) in [6, 6.07) is 10.00. The van der Waals surface area contributed by atoms with Gasteiger partial charge in [-0.05, 0) is 12.1 Å². The van der Waals surface area contributed by atoms with Gasteiger partial charge in [0.2, 0.25) is 0 Å². The van der Waals surface area contributed by atoms with E-state index >= 15 is 0 Å². The molecule has 0 radical (unpaired) electrons. The van der Waals surface area contributed by atoms with E-state index in [4.69, 9.17) is 17.0 Å². The highest BCUT2D eigenvalue weighted by Gasteiger charge is 2.09. The molecule has 19 heavy (non-hydrogen) atoms. The molecular weight excluding hydrogens is 258 g/mol. The van der Waals surface area contributed by atoms with E-state index in [0.29, 0.717) is 10.4 Å². The standard InChI is InChI=1S/C14H11N3OS/c1-18-13-12(16-8-17-14(13)19)10-6-9-4-2-3-5-11(9)15-7-10/h2-8H,1H3,(H,16,17,19). The number of rotatable bonds is 2. The molecule has 1 aromatic carbocycles. The third-order valence-electron chi connectivity index (χ3n) is 2.90. The smallest absolute Gasteiger partial charge is 0.179 e. The Morgan fingerprint density at radius 1 is 1.21 bits per heavy atom. The van der Waals surface area contributed by atoms with Crippen molar-refractivity contribution in [3.8, 4) is 17.0 Å². The summed E-state index contributed by atoms with van der Waals surface area (Å²) in [4.78, 5) is 11.5. The Morgan fingerprint density at radius 3 is 2.89 bits per heavy atom. The monoisotopic (exact) mass is 269 g/mol. The molecule has 0 saturated heterocycles. The second-order valence-corrected chi connectivity index (χ2v) is 4.42. The van der Waals surface area contributed by atoms with Gasteiger partial charge in [0.1, 0.15) is 0 Å². The third kappa shape index (κ3) is 2.08. The maximum Gasteiger partial charge on any atom is 0.179 e. The molecule has 3 rings (SSSR count). The minimum Gasteiger partial charge on any atom is -0.491 e. The molecule has 0 aliphatic heterocycles. The van der Waals surface area contributed by atoms with Gasteiger partial charge in [-0.3, -0.25) is 4.98 Å².